The van der Waals surface area contributed by atoms with Crippen molar-refractivity contribution in [1.29, 1.82) is 0 Å². The molecule has 2 aromatic carbocycles. The summed E-state index contributed by atoms with van der Waals surface area (Å²) in [6.45, 7) is 0. The zero-order valence-corrected chi connectivity index (χ0v) is 12.9. The highest BCUT2D eigenvalue weighted by Crippen LogP contribution is 2.41. The van der Waals surface area contributed by atoms with E-state index < -0.39 is 35.3 Å². The Morgan fingerprint density at radius 3 is 1.48 bits per heavy atom. The van der Waals surface area contributed by atoms with Crippen LogP contribution in [0, 0.1) is 0 Å². The number of aliphatic hydroxyl groups is 2. The molecule has 0 aliphatic rings. The van der Waals surface area contributed by atoms with Crippen molar-refractivity contribution in [2.24, 2.45) is 0 Å². The number of rotatable bonds is 7. The number of carboxylic acid groups (broad SMARTS) is 2. The Morgan fingerprint density at radius 2 is 1.20 bits per heavy atom. The van der Waals surface area contributed by atoms with Gasteiger partial charge in [-0.3, -0.25) is 4.79 Å². The van der Waals surface area contributed by atoms with Crippen molar-refractivity contribution in [2.75, 3.05) is 0 Å². The first-order valence-electron chi connectivity index (χ1n) is 7.26. The van der Waals surface area contributed by atoms with Crippen molar-refractivity contribution in [3.8, 4) is 0 Å². The third-order valence-corrected chi connectivity index (χ3v) is 4.09. The zero-order chi connectivity index (χ0) is 18.7. The fraction of sp³-hybridized carbons (Fsp3) is 0.167. The molecule has 0 amide bonds. The maximum Gasteiger partial charge on any atom is 0.347 e. The van der Waals surface area contributed by atoms with Crippen LogP contribution in [0.2, 0.25) is 0 Å². The Hall–Kier alpha value is -3.03. The van der Waals surface area contributed by atoms with E-state index in [1.807, 2.05) is 0 Å². The predicted octanol–water partition coefficient (Wildman–Crippen LogP) is 0.649. The van der Waals surface area contributed by atoms with E-state index in [2.05, 4.69) is 0 Å². The molecule has 0 fully saturated rings. The first kappa shape index (κ1) is 18.3. The summed E-state index contributed by atoms with van der Waals surface area (Å²) in [7, 11) is 0. The first-order chi connectivity index (χ1) is 11.8. The molecule has 0 aliphatic heterocycles. The van der Waals surface area contributed by atoms with Crippen LogP contribution >= 0.6 is 0 Å². The Bertz CT molecular complexity index is 735. The van der Waals surface area contributed by atoms with Gasteiger partial charge in [-0.25, -0.2) is 9.59 Å². The van der Waals surface area contributed by atoms with Crippen LogP contribution in [-0.2, 0) is 14.4 Å². The minimum absolute atomic E-state index is 0.222. The summed E-state index contributed by atoms with van der Waals surface area (Å²) in [4.78, 5) is 34.7. The van der Waals surface area contributed by atoms with Crippen molar-refractivity contribution in [1.82, 2.24) is 0 Å². The lowest BCUT2D eigenvalue weighted by Gasteiger charge is -2.39. The molecule has 7 heteroatoms. The van der Waals surface area contributed by atoms with Crippen molar-refractivity contribution >= 4 is 18.2 Å². The number of carbonyl (C=O) groups is 3. The maximum absolute atomic E-state index is 11.9. The number of hydrogen-bond acceptors (Lipinski definition) is 5. The highest BCUT2D eigenvalue weighted by atomic mass is 16.5. The lowest BCUT2D eigenvalue weighted by atomic mass is 9.68. The van der Waals surface area contributed by atoms with Crippen LogP contribution in [0.5, 0.6) is 0 Å². The predicted molar refractivity (Wildman–Crippen MR) is 86.0 cm³/mol. The van der Waals surface area contributed by atoms with Gasteiger partial charge in [-0.05, 0) is 11.1 Å². The minimum Gasteiger partial charge on any atom is -0.479 e. The molecule has 7 nitrogen and oxygen atoms in total. The molecule has 0 radical (unpaired) electrons. The Labute approximate surface area is 142 Å². The van der Waals surface area contributed by atoms with Crippen LogP contribution in [-0.4, -0.2) is 49.9 Å². The molecular weight excluding hydrogens is 328 g/mol. The van der Waals surface area contributed by atoms with Crippen molar-refractivity contribution in [2.45, 2.75) is 17.1 Å². The number of aliphatic carboxylic acids is 2. The second-order valence-electron chi connectivity index (χ2n) is 5.52. The Morgan fingerprint density at radius 1 is 0.800 bits per heavy atom. The highest BCUT2D eigenvalue weighted by molar-refractivity contribution is 6.04. The van der Waals surface area contributed by atoms with Crippen LogP contribution in [0.3, 0.4) is 0 Å². The molecule has 0 saturated carbocycles. The molecule has 2 aromatic rings. The van der Waals surface area contributed by atoms with E-state index in [9.17, 15) is 34.8 Å². The summed E-state index contributed by atoms with van der Waals surface area (Å²) < 4.78 is 0. The molecule has 2 unspecified atom stereocenters. The monoisotopic (exact) mass is 344 g/mol. The third-order valence-electron chi connectivity index (χ3n) is 4.09. The number of aldehydes is 1. The molecule has 0 heterocycles. The fourth-order valence-electron chi connectivity index (χ4n) is 2.78. The van der Waals surface area contributed by atoms with Gasteiger partial charge in [0, 0.05) is 0 Å². The molecular formula is C18H16O7. The van der Waals surface area contributed by atoms with Crippen LogP contribution in [0.25, 0.3) is 0 Å². The van der Waals surface area contributed by atoms with Gasteiger partial charge in [0.2, 0.25) is 5.60 Å². The van der Waals surface area contributed by atoms with Gasteiger partial charge < -0.3 is 20.4 Å². The lowest BCUT2D eigenvalue weighted by molar-refractivity contribution is -0.205. The SMILES string of the molecule is O=CC(O)(C(=O)O)C(O)(C(=O)O)C(c1ccccc1)c1ccccc1. The topological polar surface area (TPSA) is 132 Å². The molecule has 130 valence electrons. The quantitative estimate of drug-likeness (QED) is 0.428. The van der Waals surface area contributed by atoms with Gasteiger partial charge in [0.25, 0.3) is 5.60 Å². The van der Waals surface area contributed by atoms with Gasteiger partial charge >= 0.3 is 11.9 Å². The van der Waals surface area contributed by atoms with E-state index in [4.69, 9.17) is 0 Å². The largest absolute Gasteiger partial charge is 0.479 e. The number of hydrogen-bond donors (Lipinski definition) is 4. The summed E-state index contributed by atoms with van der Waals surface area (Å²) in [5.41, 5.74) is -6.46. The average molecular weight is 344 g/mol. The molecule has 0 aromatic heterocycles. The summed E-state index contributed by atoms with van der Waals surface area (Å²) in [5, 5.41) is 40.0. The van der Waals surface area contributed by atoms with Crippen LogP contribution in [0.15, 0.2) is 60.7 Å². The van der Waals surface area contributed by atoms with Gasteiger partial charge in [0.15, 0.2) is 6.29 Å². The molecule has 0 saturated heterocycles. The van der Waals surface area contributed by atoms with Crippen molar-refractivity contribution in [3.05, 3.63) is 71.8 Å². The average Bonchev–Trinajstić information content (AvgIpc) is 2.62. The molecule has 0 bridgehead atoms. The Balaban J connectivity index is 2.83. The van der Waals surface area contributed by atoms with E-state index in [0.717, 1.165) is 0 Å². The second-order valence-corrected chi connectivity index (χ2v) is 5.52. The smallest absolute Gasteiger partial charge is 0.347 e. The lowest BCUT2D eigenvalue weighted by Crippen LogP contribution is -2.67. The van der Waals surface area contributed by atoms with Gasteiger partial charge in [-0.1, -0.05) is 60.7 Å². The van der Waals surface area contributed by atoms with E-state index >= 15 is 0 Å². The number of carboxylic acids is 2. The number of carbonyl (C=O) groups excluding carboxylic acids is 1. The van der Waals surface area contributed by atoms with E-state index in [1.165, 1.54) is 24.3 Å². The Kier molecular flexibility index (Phi) is 5.01. The minimum atomic E-state index is -3.56. The van der Waals surface area contributed by atoms with Crippen molar-refractivity contribution in [3.63, 3.8) is 0 Å². The number of benzene rings is 2. The third kappa shape index (κ3) is 2.90. The van der Waals surface area contributed by atoms with E-state index in [0.29, 0.717) is 0 Å². The fourth-order valence-corrected chi connectivity index (χ4v) is 2.78. The summed E-state index contributed by atoms with van der Waals surface area (Å²) in [6.07, 6.45) is -0.470. The molecule has 2 atom stereocenters. The molecule has 2 rings (SSSR count). The van der Waals surface area contributed by atoms with Gasteiger partial charge in [0.1, 0.15) is 0 Å². The molecule has 4 N–H and O–H groups in total. The van der Waals surface area contributed by atoms with Crippen LogP contribution < -0.4 is 0 Å². The van der Waals surface area contributed by atoms with Crippen LogP contribution in [0.4, 0.5) is 0 Å². The summed E-state index contributed by atoms with van der Waals surface area (Å²) in [5.74, 6) is -5.72. The zero-order valence-electron chi connectivity index (χ0n) is 12.9. The maximum atomic E-state index is 11.9. The normalized spacial score (nSPS) is 15.8. The molecule has 0 aliphatic carbocycles. The van der Waals surface area contributed by atoms with E-state index in [1.54, 1.807) is 36.4 Å². The summed E-state index contributed by atoms with van der Waals surface area (Å²) >= 11 is 0. The second kappa shape index (κ2) is 6.84. The van der Waals surface area contributed by atoms with E-state index in [-0.39, 0.29) is 11.1 Å². The van der Waals surface area contributed by atoms with Crippen molar-refractivity contribution < 1.29 is 34.8 Å². The summed E-state index contributed by atoms with van der Waals surface area (Å²) in [6, 6.07) is 15.4. The molecule has 0 spiro atoms. The highest BCUT2D eigenvalue weighted by Gasteiger charge is 2.65. The van der Waals surface area contributed by atoms with Gasteiger partial charge in [-0.15, -0.1) is 0 Å². The van der Waals surface area contributed by atoms with Crippen LogP contribution in [0.1, 0.15) is 17.0 Å². The standard InChI is InChI=1S/C18H16O7/c19-11-17(24,15(20)21)18(25,16(22)23)14(12-7-3-1-4-8-12)13-9-5-2-6-10-13/h1-11,14,24-25H,(H,20,21)(H,22,23). The van der Waals surface area contributed by atoms with Gasteiger partial charge in [0.05, 0.1) is 5.92 Å². The first-order valence-corrected chi connectivity index (χ1v) is 7.26. The van der Waals surface area contributed by atoms with Gasteiger partial charge in [-0.2, -0.15) is 0 Å². The molecule has 25 heavy (non-hydrogen) atoms.